The molecule has 1 amide bonds. The molecular formula is C16H23NO6S. The molecule has 1 atom stereocenters. The van der Waals surface area contributed by atoms with Crippen LogP contribution in [0.4, 0.5) is 0 Å². The van der Waals surface area contributed by atoms with Gasteiger partial charge in [-0.3, -0.25) is 4.79 Å². The van der Waals surface area contributed by atoms with Crippen LogP contribution in [0.25, 0.3) is 0 Å². The lowest BCUT2D eigenvalue weighted by atomic mass is 10.1. The Morgan fingerprint density at radius 3 is 2.54 bits per heavy atom. The average Bonchev–Trinajstić information content (AvgIpc) is 2.97. The zero-order chi connectivity index (χ0) is 17.5. The molecule has 1 unspecified atom stereocenters. The molecule has 1 aromatic rings. The molecule has 0 spiro atoms. The van der Waals surface area contributed by atoms with Crippen molar-refractivity contribution in [1.29, 1.82) is 0 Å². The summed E-state index contributed by atoms with van der Waals surface area (Å²) in [7, 11) is 4.68. The summed E-state index contributed by atoms with van der Waals surface area (Å²) in [6.45, 7) is 1.06. The predicted octanol–water partition coefficient (Wildman–Crippen LogP) is 1.30. The minimum absolute atomic E-state index is 0.0321. The number of aliphatic hydroxyl groups excluding tert-OH is 1. The van der Waals surface area contributed by atoms with Gasteiger partial charge in [-0.1, -0.05) is 0 Å². The number of methoxy groups -OCH3 is 3. The number of rotatable bonds is 9. The second-order valence-electron chi connectivity index (χ2n) is 5.01. The van der Waals surface area contributed by atoms with E-state index in [4.69, 9.17) is 24.1 Å². The molecule has 0 saturated carbocycles. The van der Waals surface area contributed by atoms with Gasteiger partial charge in [-0.2, -0.15) is 0 Å². The highest BCUT2D eigenvalue weighted by molar-refractivity contribution is 8.00. The molecule has 24 heavy (non-hydrogen) atoms. The van der Waals surface area contributed by atoms with Crippen LogP contribution in [0.3, 0.4) is 0 Å². The summed E-state index contributed by atoms with van der Waals surface area (Å²) >= 11 is 1.53. The number of carbonyl (C=O) groups is 1. The molecule has 7 nitrogen and oxygen atoms in total. The fourth-order valence-corrected chi connectivity index (χ4v) is 3.84. The molecule has 134 valence electrons. The Bertz CT molecular complexity index is 568. The number of ether oxygens (including phenoxy) is 4. The molecule has 1 aliphatic heterocycles. The number of hydrogen-bond donors (Lipinski definition) is 1. The summed E-state index contributed by atoms with van der Waals surface area (Å²) in [4.78, 5) is 14.0. The molecule has 0 bridgehead atoms. The van der Waals surface area contributed by atoms with Gasteiger partial charge in [0, 0.05) is 12.1 Å². The summed E-state index contributed by atoms with van der Waals surface area (Å²) in [6.07, 6.45) is 0. The topological polar surface area (TPSA) is 77.5 Å². The fourth-order valence-electron chi connectivity index (χ4n) is 2.60. The third kappa shape index (κ3) is 3.88. The highest BCUT2D eigenvalue weighted by atomic mass is 32.2. The molecule has 0 aromatic heterocycles. The Kier molecular flexibility index (Phi) is 7.01. The molecule has 1 heterocycles. The zero-order valence-electron chi connectivity index (χ0n) is 14.1. The van der Waals surface area contributed by atoms with E-state index in [0.29, 0.717) is 36.2 Å². The van der Waals surface area contributed by atoms with E-state index in [1.54, 1.807) is 32.3 Å². The van der Waals surface area contributed by atoms with Crippen molar-refractivity contribution in [2.75, 3.05) is 53.4 Å². The first-order chi connectivity index (χ1) is 11.7. The van der Waals surface area contributed by atoms with Crippen LogP contribution >= 0.6 is 11.8 Å². The number of amides is 1. The van der Waals surface area contributed by atoms with Gasteiger partial charge in [0.1, 0.15) is 5.37 Å². The Balaban J connectivity index is 2.26. The van der Waals surface area contributed by atoms with Crippen LogP contribution in [0.15, 0.2) is 12.1 Å². The highest BCUT2D eigenvalue weighted by Crippen LogP contribution is 2.48. The van der Waals surface area contributed by atoms with E-state index >= 15 is 0 Å². The van der Waals surface area contributed by atoms with Crippen molar-refractivity contribution in [2.45, 2.75) is 5.37 Å². The molecule has 1 aliphatic rings. The highest BCUT2D eigenvalue weighted by Gasteiger charge is 2.35. The lowest BCUT2D eigenvalue weighted by Crippen LogP contribution is -2.32. The standard InChI is InChI=1S/C16H23NO6S/c1-20-12-5-4-11(14(21-2)15(12)22-3)16-17(13(19)10-24-16)6-8-23-9-7-18/h4-5,16,18H,6-10H2,1-3H3. The van der Waals surface area contributed by atoms with Gasteiger partial charge in [-0.25, -0.2) is 0 Å². The lowest BCUT2D eigenvalue weighted by molar-refractivity contribution is -0.128. The van der Waals surface area contributed by atoms with Crippen molar-refractivity contribution in [3.8, 4) is 17.2 Å². The summed E-state index contributed by atoms with van der Waals surface area (Å²) in [5.41, 5.74) is 0.855. The largest absolute Gasteiger partial charge is 0.493 e. The summed E-state index contributed by atoms with van der Waals surface area (Å²) < 4.78 is 21.5. The van der Waals surface area contributed by atoms with Crippen molar-refractivity contribution < 1.29 is 28.8 Å². The molecule has 1 fully saturated rings. The summed E-state index contributed by atoms with van der Waals surface area (Å²) in [5.74, 6) is 2.10. The van der Waals surface area contributed by atoms with Gasteiger partial charge in [-0.15, -0.1) is 11.8 Å². The van der Waals surface area contributed by atoms with Gasteiger partial charge < -0.3 is 29.0 Å². The van der Waals surface area contributed by atoms with E-state index in [9.17, 15) is 4.79 Å². The normalized spacial score (nSPS) is 17.2. The zero-order valence-corrected chi connectivity index (χ0v) is 14.9. The van der Waals surface area contributed by atoms with E-state index in [-0.39, 0.29) is 24.5 Å². The first kappa shape index (κ1) is 18.7. The number of carbonyl (C=O) groups excluding carboxylic acids is 1. The molecule has 8 heteroatoms. The van der Waals surface area contributed by atoms with Crippen molar-refractivity contribution >= 4 is 17.7 Å². The Morgan fingerprint density at radius 2 is 1.92 bits per heavy atom. The van der Waals surface area contributed by atoms with Gasteiger partial charge in [0.05, 0.1) is 46.9 Å². The molecule has 0 radical (unpaired) electrons. The minimum Gasteiger partial charge on any atom is -0.493 e. The van der Waals surface area contributed by atoms with E-state index in [0.717, 1.165) is 5.56 Å². The van der Waals surface area contributed by atoms with Gasteiger partial charge >= 0.3 is 0 Å². The van der Waals surface area contributed by atoms with Crippen LogP contribution in [0, 0.1) is 0 Å². The number of aliphatic hydroxyl groups is 1. The second-order valence-corrected chi connectivity index (χ2v) is 6.08. The molecule has 2 rings (SSSR count). The van der Waals surface area contributed by atoms with Gasteiger partial charge in [0.2, 0.25) is 11.7 Å². The first-order valence-electron chi connectivity index (χ1n) is 7.56. The van der Waals surface area contributed by atoms with Crippen LogP contribution in [0.5, 0.6) is 17.2 Å². The number of hydrogen-bond acceptors (Lipinski definition) is 7. The number of benzene rings is 1. The third-order valence-corrected chi connectivity index (χ3v) is 4.92. The van der Waals surface area contributed by atoms with Gasteiger partial charge in [-0.05, 0) is 12.1 Å². The number of thioether (sulfide) groups is 1. The Labute approximate surface area is 145 Å². The minimum atomic E-state index is -0.176. The van der Waals surface area contributed by atoms with Crippen molar-refractivity contribution in [1.82, 2.24) is 4.90 Å². The van der Waals surface area contributed by atoms with Crippen LogP contribution < -0.4 is 14.2 Å². The quantitative estimate of drug-likeness (QED) is 0.667. The number of nitrogens with zero attached hydrogens (tertiary/aromatic N) is 1. The van der Waals surface area contributed by atoms with E-state index in [1.807, 2.05) is 6.07 Å². The van der Waals surface area contributed by atoms with Gasteiger partial charge in [0.25, 0.3) is 0 Å². The smallest absolute Gasteiger partial charge is 0.233 e. The maximum absolute atomic E-state index is 12.2. The van der Waals surface area contributed by atoms with E-state index in [2.05, 4.69) is 0 Å². The van der Waals surface area contributed by atoms with E-state index < -0.39 is 0 Å². The monoisotopic (exact) mass is 357 g/mol. The van der Waals surface area contributed by atoms with E-state index in [1.165, 1.54) is 11.8 Å². The van der Waals surface area contributed by atoms with Crippen molar-refractivity contribution in [3.05, 3.63) is 17.7 Å². The maximum Gasteiger partial charge on any atom is 0.233 e. The molecule has 0 aliphatic carbocycles. The predicted molar refractivity (Wildman–Crippen MR) is 90.9 cm³/mol. The van der Waals surface area contributed by atoms with Crippen LogP contribution in [0.2, 0.25) is 0 Å². The average molecular weight is 357 g/mol. The van der Waals surface area contributed by atoms with Crippen LogP contribution in [0.1, 0.15) is 10.9 Å². The second kappa shape index (κ2) is 9.00. The molecule has 1 N–H and O–H groups in total. The fraction of sp³-hybridized carbons (Fsp3) is 0.562. The third-order valence-electron chi connectivity index (χ3n) is 3.68. The molecule has 1 aromatic carbocycles. The Hall–Kier alpha value is -1.64. The lowest BCUT2D eigenvalue weighted by Gasteiger charge is -2.26. The Morgan fingerprint density at radius 1 is 1.17 bits per heavy atom. The molecular weight excluding hydrogens is 334 g/mol. The summed E-state index contributed by atoms with van der Waals surface area (Å²) in [5, 5.41) is 8.59. The van der Waals surface area contributed by atoms with Crippen molar-refractivity contribution in [3.63, 3.8) is 0 Å². The van der Waals surface area contributed by atoms with Crippen LogP contribution in [-0.2, 0) is 9.53 Å². The first-order valence-corrected chi connectivity index (χ1v) is 8.61. The molecule has 1 saturated heterocycles. The van der Waals surface area contributed by atoms with Crippen molar-refractivity contribution in [2.24, 2.45) is 0 Å². The van der Waals surface area contributed by atoms with Gasteiger partial charge in [0.15, 0.2) is 11.5 Å². The summed E-state index contributed by atoms with van der Waals surface area (Å²) in [6, 6.07) is 3.69. The SMILES string of the molecule is COc1ccc(C2SCC(=O)N2CCOCCO)c(OC)c1OC. The van der Waals surface area contributed by atoms with Crippen LogP contribution in [-0.4, -0.2) is 69.4 Å². The maximum atomic E-state index is 12.2.